The number of alkyl carbamates (subject to hydrolysis) is 1. The van der Waals surface area contributed by atoms with Crippen LogP contribution in [-0.4, -0.2) is 44.3 Å². The maximum absolute atomic E-state index is 12.1. The first-order chi connectivity index (χ1) is 10.4. The van der Waals surface area contributed by atoms with E-state index in [2.05, 4.69) is 10.0 Å². The fourth-order valence-corrected chi connectivity index (χ4v) is 2.79. The van der Waals surface area contributed by atoms with E-state index in [4.69, 9.17) is 14.3 Å². The van der Waals surface area contributed by atoms with E-state index >= 15 is 0 Å². The summed E-state index contributed by atoms with van der Waals surface area (Å²) in [6, 6.07) is 0.932. The molecule has 1 aromatic heterocycles. The molecule has 1 heterocycles. The second-order valence-corrected chi connectivity index (χ2v) is 7.40. The first-order valence-electron chi connectivity index (χ1n) is 6.72. The summed E-state index contributed by atoms with van der Waals surface area (Å²) in [5.41, 5.74) is -0.648. The van der Waals surface area contributed by atoms with Crippen molar-refractivity contribution in [1.29, 1.82) is 0 Å². The van der Waals surface area contributed by atoms with E-state index < -0.39 is 33.4 Å². The quantitative estimate of drug-likeness (QED) is 0.655. The number of rotatable bonds is 6. The number of carbonyl (C=O) groups excluding carboxylic acids is 1. The van der Waals surface area contributed by atoms with Gasteiger partial charge in [0.1, 0.15) is 16.3 Å². The molecule has 1 rings (SSSR count). The molecule has 0 unspecified atom stereocenters. The van der Waals surface area contributed by atoms with Gasteiger partial charge < -0.3 is 19.6 Å². The lowest BCUT2D eigenvalue weighted by molar-refractivity contribution is 0.0528. The van der Waals surface area contributed by atoms with Gasteiger partial charge in [0.25, 0.3) is 0 Å². The molecule has 0 atom stereocenters. The number of furan rings is 1. The minimum absolute atomic E-state index is 0.0107. The lowest BCUT2D eigenvalue weighted by Crippen LogP contribution is -2.37. The van der Waals surface area contributed by atoms with Crippen molar-refractivity contribution in [2.45, 2.75) is 38.2 Å². The van der Waals surface area contributed by atoms with Crippen molar-refractivity contribution in [3.05, 3.63) is 17.6 Å². The van der Waals surface area contributed by atoms with Crippen LogP contribution in [0.3, 0.4) is 0 Å². The number of nitrogens with one attached hydrogen (secondary N) is 2. The Kier molecular flexibility index (Phi) is 5.78. The van der Waals surface area contributed by atoms with Gasteiger partial charge in [0.2, 0.25) is 15.8 Å². The zero-order valence-electron chi connectivity index (χ0n) is 13.3. The molecule has 0 aliphatic rings. The molecule has 0 bridgehead atoms. The number of hydrogen-bond acceptors (Lipinski definition) is 6. The third kappa shape index (κ3) is 5.91. The van der Waals surface area contributed by atoms with Crippen LogP contribution in [0, 0.1) is 6.92 Å². The second-order valence-electron chi connectivity index (χ2n) is 5.66. The highest BCUT2D eigenvalue weighted by molar-refractivity contribution is 7.89. The van der Waals surface area contributed by atoms with Gasteiger partial charge in [-0.25, -0.2) is 22.7 Å². The third-order valence-corrected chi connectivity index (χ3v) is 4.03. The Bertz CT molecular complexity index is 686. The summed E-state index contributed by atoms with van der Waals surface area (Å²) in [6.45, 7) is 6.39. The van der Waals surface area contributed by atoms with Gasteiger partial charge in [0.15, 0.2) is 0 Å². The Labute approximate surface area is 134 Å². The van der Waals surface area contributed by atoms with Crippen LogP contribution in [0.2, 0.25) is 0 Å². The maximum Gasteiger partial charge on any atom is 0.407 e. The maximum atomic E-state index is 12.1. The number of sulfonamides is 1. The van der Waals surface area contributed by atoms with Gasteiger partial charge in [-0.2, -0.15) is 0 Å². The molecule has 1 amide bonds. The number of carboxylic acid groups (broad SMARTS) is 1. The smallest absolute Gasteiger partial charge is 0.407 e. The molecule has 0 aromatic carbocycles. The highest BCUT2D eigenvalue weighted by atomic mass is 32.2. The topological polar surface area (TPSA) is 135 Å². The number of aromatic carboxylic acids is 1. The van der Waals surface area contributed by atoms with Gasteiger partial charge >= 0.3 is 12.1 Å². The van der Waals surface area contributed by atoms with Crippen molar-refractivity contribution >= 4 is 22.1 Å². The zero-order valence-corrected chi connectivity index (χ0v) is 14.1. The van der Waals surface area contributed by atoms with Crippen molar-refractivity contribution in [2.75, 3.05) is 13.1 Å². The van der Waals surface area contributed by atoms with Crippen LogP contribution in [0.1, 0.15) is 37.1 Å². The first kappa shape index (κ1) is 19.0. The van der Waals surface area contributed by atoms with Crippen LogP contribution >= 0.6 is 0 Å². The lowest BCUT2D eigenvalue weighted by atomic mass is 10.2. The Hall–Kier alpha value is -2.07. The highest BCUT2D eigenvalue weighted by Crippen LogP contribution is 2.19. The van der Waals surface area contributed by atoms with Crippen molar-refractivity contribution in [3.63, 3.8) is 0 Å². The molecule has 10 heteroatoms. The molecule has 0 saturated carbocycles. The number of ether oxygens (including phenoxy) is 1. The number of aryl methyl sites for hydroxylation is 1. The summed E-state index contributed by atoms with van der Waals surface area (Å²) in [7, 11) is -3.94. The van der Waals surface area contributed by atoms with Gasteiger partial charge in [-0.3, -0.25) is 0 Å². The fourth-order valence-electron chi connectivity index (χ4n) is 1.58. The first-order valence-corrected chi connectivity index (χ1v) is 8.21. The molecule has 0 spiro atoms. The zero-order chi connectivity index (χ0) is 17.8. The number of carbonyl (C=O) groups is 2. The summed E-state index contributed by atoms with van der Waals surface area (Å²) >= 11 is 0. The van der Waals surface area contributed by atoms with Gasteiger partial charge in [-0.15, -0.1) is 0 Å². The second kappa shape index (κ2) is 7.01. The molecule has 9 nitrogen and oxygen atoms in total. The number of carboxylic acids is 1. The van der Waals surface area contributed by atoms with E-state index in [9.17, 15) is 18.0 Å². The molecular formula is C13H20N2O7S. The molecule has 0 saturated heterocycles. The minimum Gasteiger partial charge on any atom is -0.475 e. The van der Waals surface area contributed by atoms with E-state index in [1.807, 2.05) is 0 Å². The molecule has 3 N–H and O–H groups in total. The van der Waals surface area contributed by atoms with Crippen LogP contribution in [0.15, 0.2) is 15.4 Å². The molecular weight excluding hydrogens is 328 g/mol. The summed E-state index contributed by atoms with van der Waals surface area (Å²) in [6.07, 6.45) is -0.663. The average Bonchev–Trinajstić information content (AvgIpc) is 2.76. The molecule has 0 radical (unpaired) electrons. The van der Waals surface area contributed by atoms with Crippen LogP contribution in [0.5, 0.6) is 0 Å². The summed E-state index contributed by atoms with van der Waals surface area (Å²) < 4.78 is 36.2. The van der Waals surface area contributed by atoms with Gasteiger partial charge in [-0.05, 0) is 27.7 Å². The summed E-state index contributed by atoms with van der Waals surface area (Å²) in [5.74, 6) is -1.86. The number of hydrogen-bond donors (Lipinski definition) is 3. The van der Waals surface area contributed by atoms with Crippen LogP contribution in [0.25, 0.3) is 0 Å². The van der Waals surface area contributed by atoms with E-state index in [0.717, 1.165) is 6.07 Å². The van der Waals surface area contributed by atoms with E-state index in [-0.39, 0.29) is 23.7 Å². The predicted molar refractivity (Wildman–Crippen MR) is 79.8 cm³/mol. The van der Waals surface area contributed by atoms with E-state index in [1.165, 1.54) is 6.92 Å². The summed E-state index contributed by atoms with van der Waals surface area (Å²) in [4.78, 5) is 21.9. The Morgan fingerprint density at radius 3 is 2.39 bits per heavy atom. The molecule has 0 aliphatic carbocycles. The van der Waals surface area contributed by atoms with Gasteiger partial charge in [-0.1, -0.05) is 0 Å². The van der Waals surface area contributed by atoms with E-state index in [0.29, 0.717) is 0 Å². The molecule has 23 heavy (non-hydrogen) atoms. The van der Waals surface area contributed by atoms with Crippen molar-refractivity contribution < 1.29 is 32.3 Å². The van der Waals surface area contributed by atoms with Crippen molar-refractivity contribution in [3.8, 4) is 0 Å². The molecule has 0 fully saturated rings. The predicted octanol–water partition coefficient (Wildman–Crippen LogP) is 1.09. The average molecular weight is 348 g/mol. The van der Waals surface area contributed by atoms with Crippen LogP contribution < -0.4 is 10.0 Å². The molecule has 0 aliphatic heterocycles. The van der Waals surface area contributed by atoms with Crippen LogP contribution in [-0.2, 0) is 14.8 Å². The summed E-state index contributed by atoms with van der Waals surface area (Å²) in [5, 5.41) is 11.2. The monoisotopic (exact) mass is 348 g/mol. The number of amides is 1. The van der Waals surface area contributed by atoms with Crippen molar-refractivity contribution in [1.82, 2.24) is 10.0 Å². The SMILES string of the molecule is Cc1oc(C(=O)O)cc1S(=O)(=O)NCCNC(=O)OC(C)(C)C. The molecule has 130 valence electrons. The third-order valence-electron chi connectivity index (χ3n) is 2.46. The highest BCUT2D eigenvalue weighted by Gasteiger charge is 2.23. The van der Waals surface area contributed by atoms with E-state index in [1.54, 1.807) is 20.8 Å². The van der Waals surface area contributed by atoms with Gasteiger partial charge in [0.05, 0.1) is 0 Å². The fraction of sp³-hybridized carbons (Fsp3) is 0.538. The van der Waals surface area contributed by atoms with Crippen molar-refractivity contribution in [2.24, 2.45) is 0 Å². The lowest BCUT2D eigenvalue weighted by Gasteiger charge is -2.19. The Balaban J connectivity index is 2.57. The normalized spacial score (nSPS) is 12.0. The van der Waals surface area contributed by atoms with Gasteiger partial charge in [0, 0.05) is 19.2 Å². The standard InChI is InChI=1S/C13H20N2O7S/c1-8-10(7-9(21-8)11(16)17)23(19,20)15-6-5-14-12(18)22-13(2,3)4/h7,15H,5-6H2,1-4H3,(H,14,18)(H,16,17). The van der Waals surface area contributed by atoms with Crippen LogP contribution in [0.4, 0.5) is 4.79 Å². The Morgan fingerprint density at radius 2 is 1.91 bits per heavy atom. The molecule has 1 aromatic rings. The largest absolute Gasteiger partial charge is 0.475 e. The minimum atomic E-state index is -3.94. The Morgan fingerprint density at radius 1 is 1.30 bits per heavy atom.